The van der Waals surface area contributed by atoms with Crippen molar-refractivity contribution in [1.29, 1.82) is 0 Å². The van der Waals surface area contributed by atoms with Gasteiger partial charge in [0.05, 0.1) is 22.3 Å². The van der Waals surface area contributed by atoms with E-state index in [1.54, 1.807) is 30.7 Å². The second-order valence-corrected chi connectivity index (χ2v) is 6.34. The Bertz CT molecular complexity index is 1170. The Morgan fingerprint density at radius 3 is 2.45 bits per heavy atom. The molecule has 3 aromatic heterocycles. The highest BCUT2D eigenvalue weighted by Gasteiger charge is 2.13. The number of hydrogen-bond donors (Lipinski definition) is 2. The third kappa shape index (κ3) is 4.24. The number of anilines is 1. The quantitative estimate of drug-likeness (QED) is 0.552. The van der Waals surface area contributed by atoms with Crippen LogP contribution in [0.4, 0.5) is 5.69 Å². The van der Waals surface area contributed by atoms with Gasteiger partial charge in [-0.1, -0.05) is 24.3 Å². The highest BCUT2D eigenvalue weighted by Crippen LogP contribution is 2.21. The average molecular weight is 383 g/mol. The van der Waals surface area contributed by atoms with Gasteiger partial charge in [0.1, 0.15) is 0 Å². The summed E-state index contributed by atoms with van der Waals surface area (Å²) in [6, 6.07) is 14.5. The Balaban J connectivity index is 1.49. The summed E-state index contributed by atoms with van der Waals surface area (Å²) in [5.41, 5.74) is 2.76. The van der Waals surface area contributed by atoms with E-state index in [1.165, 1.54) is 18.5 Å². The van der Waals surface area contributed by atoms with Crippen LogP contribution in [-0.4, -0.2) is 26.8 Å². The number of fused-ring (bicyclic) bond motifs is 1. The first kappa shape index (κ1) is 18.2. The van der Waals surface area contributed by atoms with Crippen molar-refractivity contribution in [2.75, 3.05) is 5.32 Å². The summed E-state index contributed by atoms with van der Waals surface area (Å²) < 4.78 is 0. The fourth-order valence-electron chi connectivity index (χ4n) is 2.87. The third-order valence-corrected chi connectivity index (χ3v) is 4.32. The average Bonchev–Trinajstić information content (AvgIpc) is 2.78. The smallest absolute Gasteiger partial charge is 0.257 e. The highest BCUT2D eigenvalue weighted by molar-refractivity contribution is 6.09. The number of carbonyl (C=O) groups is 2. The Hall–Kier alpha value is -4.13. The maximum atomic E-state index is 12.7. The van der Waals surface area contributed by atoms with Gasteiger partial charge < -0.3 is 10.6 Å². The number of benzene rings is 1. The van der Waals surface area contributed by atoms with E-state index in [4.69, 9.17) is 0 Å². The van der Waals surface area contributed by atoms with Crippen LogP contribution in [0.25, 0.3) is 10.9 Å². The molecule has 0 aliphatic carbocycles. The third-order valence-electron chi connectivity index (χ3n) is 4.32. The van der Waals surface area contributed by atoms with Gasteiger partial charge in [-0.25, -0.2) is 0 Å². The van der Waals surface area contributed by atoms with Crippen LogP contribution in [0.2, 0.25) is 0 Å². The lowest BCUT2D eigenvalue weighted by Gasteiger charge is -2.09. The molecular formula is C22H17N5O2. The van der Waals surface area contributed by atoms with Crippen LogP contribution in [0.15, 0.2) is 79.5 Å². The molecule has 7 heteroatoms. The molecule has 0 spiro atoms. The van der Waals surface area contributed by atoms with Crippen molar-refractivity contribution in [3.63, 3.8) is 0 Å². The van der Waals surface area contributed by atoms with Gasteiger partial charge in [0.2, 0.25) is 0 Å². The lowest BCUT2D eigenvalue weighted by atomic mass is 10.1. The number of nitrogens with zero attached hydrogens (tertiary/aromatic N) is 3. The van der Waals surface area contributed by atoms with Crippen LogP contribution < -0.4 is 10.6 Å². The molecule has 0 saturated carbocycles. The molecule has 0 aliphatic rings. The summed E-state index contributed by atoms with van der Waals surface area (Å²) in [6.45, 7) is 0.338. The van der Waals surface area contributed by atoms with E-state index in [0.717, 1.165) is 10.9 Å². The Morgan fingerprint density at radius 2 is 1.62 bits per heavy atom. The van der Waals surface area contributed by atoms with Gasteiger partial charge in [-0.05, 0) is 29.8 Å². The SMILES string of the molecule is O=C(NCc1cccnc1)c1cncc(C(=O)Nc2cccc3cccnc23)c1. The molecule has 2 N–H and O–H groups in total. The van der Waals surface area contributed by atoms with E-state index < -0.39 is 0 Å². The molecule has 0 bridgehead atoms. The van der Waals surface area contributed by atoms with Gasteiger partial charge in [-0.3, -0.25) is 24.5 Å². The second kappa shape index (κ2) is 8.26. The van der Waals surface area contributed by atoms with Crippen molar-refractivity contribution in [2.24, 2.45) is 0 Å². The molecular weight excluding hydrogens is 366 g/mol. The lowest BCUT2D eigenvalue weighted by Crippen LogP contribution is -2.23. The normalized spacial score (nSPS) is 10.5. The van der Waals surface area contributed by atoms with Crippen molar-refractivity contribution in [3.8, 4) is 0 Å². The summed E-state index contributed by atoms with van der Waals surface area (Å²) in [7, 11) is 0. The predicted octanol–water partition coefficient (Wildman–Crippen LogP) is 3.21. The zero-order valence-corrected chi connectivity index (χ0v) is 15.4. The number of hydrogen-bond acceptors (Lipinski definition) is 5. The molecule has 1 aromatic carbocycles. The molecule has 0 fully saturated rings. The molecule has 142 valence electrons. The number of aromatic nitrogens is 3. The molecule has 0 radical (unpaired) electrons. The van der Waals surface area contributed by atoms with Gasteiger partial charge in [0.15, 0.2) is 0 Å². The zero-order valence-electron chi connectivity index (χ0n) is 15.4. The summed E-state index contributed by atoms with van der Waals surface area (Å²) >= 11 is 0. The van der Waals surface area contributed by atoms with E-state index in [2.05, 4.69) is 25.6 Å². The monoisotopic (exact) mass is 383 g/mol. The first-order valence-electron chi connectivity index (χ1n) is 8.98. The van der Waals surface area contributed by atoms with E-state index in [9.17, 15) is 9.59 Å². The molecule has 0 aliphatic heterocycles. The Morgan fingerprint density at radius 1 is 0.828 bits per heavy atom. The topological polar surface area (TPSA) is 96.9 Å². The molecule has 4 aromatic rings. The molecule has 2 amide bonds. The highest BCUT2D eigenvalue weighted by atomic mass is 16.2. The maximum Gasteiger partial charge on any atom is 0.257 e. The molecule has 0 saturated heterocycles. The molecule has 7 nitrogen and oxygen atoms in total. The van der Waals surface area contributed by atoms with Gasteiger partial charge in [0, 0.05) is 42.9 Å². The summed E-state index contributed by atoms with van der Waals surface area (Å²) in [5.74, 6) is -0.680. The number of carbonyl (C=O) groups excluding carboxylic acids is 2. The van der Waals surface area contributed by atoms with Crippen LogP contribution in [0.1, 0.15) is 26.3 Å². The van der Waals surface area contributed by atoms with Gasteiger partial charge in [0.25, 0.3) is 11.8 Å². The van der Waals surface area contributed by atoms with Crippen molar-refractivity contribution in [3.05, 3.63) is 96.2 Å². The zero-order chi connectivity index (χ0) is 20.1. The van der Waals surface area contributed by atoms with Crippen LogP contribution in [0.5, 0.6) is 0 Å². The number of nitrogens with one attached hydrogen (secondary N) is 2. The lowest BCUT2D eigenvalue weighted by molar-refractivity contribution is 0.0950. The number of pyridine rings is 3. The first-order chi connectivity index (χ1) is 14.2. The van der Waals surface area contributed by atoms with Crippen molar-refractivity contribution in [1.82, 2.24) is 20.3 Å². The van der Waals surface area contributed by atoms with Crippen LogP contribution in [0, 0.1) is 0 Å². The van der Waals surface area contributed by atoms with Crippen LogP contribution >= 0.6 is 0 Å². The van der Waals surface area contributed by atoms with Gasteiger partial charge in [-0.15, -0.1) is 0 Å². The summed E-state index contributed by atoms with van der Waals surface area (Å²) in [4.78, 5) is 37.5. The number of rotatable bonds is 5. The van der Waals surface area contributed by atoms with E-state index in [-0.39, 0.29) is 17.4 Å². The molecule has 3 heterocycles. The summed E-state index contributed by atoms with van der Waals surface area (Å²) in [5, 5.41) is 6.56. The van der Waals surface area contributed by atoms with Crippen LogP contribution in [-0.2, 0) is 6.54 Å². The molecule has 29 heavy (non-hydrogen) atoms. The Labute approximate surface area is 166 Å². The van der Waals surface area contributed by atoms with Crippen molar-refractivity contribution < 1.29 is 9.59 Å². The van der Waals surface area contributed by atoms with Crippen molar-refractivity contribution in [2.45, 2.75) is 6.54 Å². The van der Waals surface area contributed by atoms with E-state index >= 15 is 0 Å². The standard InChI is InChI=1S/C22H17N5O2/c28-21(26-12-15-4-2-8-23-11-15)17-10-18(14-24-13-17)22(29)27-19-7-1-5-16-6-3-9-25-20(16)19/h1-11,13-14H,12H2,(H,26,28)(H,27,29). The van der Waals surface area contributed by atoms with Crippen molar-refractivity contribution >= 4 is 28.4 Å². The molecule has 0 unspecified atom stereocenters. The van der Waals surface area contributed by atoms with Crippen LogP contribution in [0.3, 0.4) is 0 Å². The fraction of sp³-hybridized carbons (Fsp3) is 0.0455. The minimum atomic E-state index is -0.363. The molecule has 0 atom stereocenters. The van der Waals surface area contributed by atoms with Gasteiger partial charge in [-0.2, -0.15) is 0 Å². The fourth-order valence-corrected chi connectivity index (χ4v) is 2.87. The summed E-state index contributed by atoms with van der Waals surface area (Å²) in [6.07, 6.45) is 7.87. The number of para-hydroxylation sites is 1. The largest absolute Gasteiger partial charge is 0.348 e. The van der Waals surface area contributed by atoms with Gasteiger partial charge >= 0.3 is 0 Å². The Kier molecular flexibility index (Phi) is 5.20. The molecule has 4 rings (SSSR count). The minimum absolute atomic E-state index is 0.284. The second-order valence-electron chi connectivity index (χ2n) is 6.34. The van der Waals surface area contributed by atoms with E-state index in [0.29, 0.717) is 23.3 Å². The minimum Gasteiger partial charge on any atom is -0.348 e. The number of amides is 2. The predicted molar refractivity (Wildman–Crippen MR) is 109 cm³/mol. The van der Waals surface area contributed by atoms with E-state index in [1.807, 2.05) is 30.3 Å². The maximum absolute atomic E-state index is 12.7. The first-order valence-corrected chi connectivity index (χ1v) is 8.98.